The predicted octanol–water partition coefficient (Wildman–Crippen LogP) is 2.59. The van der Waals surface area contributed by atoms with Crippen molar-refractivity contribution in [1.82, 2.24) is 15.3 Å². The van der Waals surface area contributed by atoms with E-state index < -0.39 is 11.9 Å². The third-order valence-corrected chi connectivity index (χ3v) is 4.15. The van der Waals surface area contributed by atoms with Gasteiger partial charge >= 0.3 is 11.9 Å². The molecule has 1 aromatic heterocycles. The highest BCUT2D eigenvalue weighted by molar-refractivity contribution is 5.93. The fourth-order valence-corrected chi connectivity index (χ4v) is 2.65. The van der Waals surface area contributed by atoms with Crippen LogP contribution in [0.2, 0.25) is 0 Å². The SMILES string of the molecule is CNC1CCN(c2ccncn2)CC1.Cl.Cl.O=C(O)c1cccc(C(=O)O)c1. The Morgan fingerprint density at radius 2 is 1.64 bits per heavy atom. The molecule has 0 radical (unpaired) electrons. The first-order valence-electron chi connectivity index (χ1n) is 8.26. The summed E-state index contributed by atoms with van der Waals surface area (Å²) in [4.78, 5) is 31.2. The minimum atomic E-state index is -1.13. The lowest BCUT2D eigenvalue weighted by Crippen LogP contribution is -2.41. The lowest BCUT2D eigenvalue weighted by molar-refractivity contribution is 0.0696. The van der Waals surface area contributed by atoms with Gasteiger partial charge < -0.3 is 20.4 Å². The molecule has 0 unspecified atom stereocenters. The van der Waals surface area contributed by atoms with Crippen LogP contribution in [-0.2, 0) is 0 Å². The molecule has 1 aliphatic rings. The van der Waals surface area contributed by atoms with Gasteiger partial charge in [0.15, 0.2) is 0 Å². The van der Waals surface area contributed by atoms with Gasteiger partial charge in [-0.05, 0) is 44.2 Å². The summed E-state index contributed by atoms with van der Waals surface area (Å²) in [5.74, 6) is -1.20. The van der Waals surface area contributed by atoms with Crippen LogP contribution < -0.4 is 10.2 Å². The maximum Gasteiger partial charge on any atom is 0.335 e. The third-order valence-electron chi connectivity index (χ3n) is 4.15. The first-order valence-corrected chi connectivity index (χ1v) is 8.26. The van der Waals surface area contributed by atoms with Crippen molar-refractivity contribution < 1.29 is 19.8 Å². The number of carbonyl (C=O) groups is 2. The monoisotopic (exact) mass is 430 g/mol. The van der Waals surface area contributed by atoms with Gasteiger partial charge in [-0.2, -0.15) is 0 Å². The molecule has 2 heterocycles. The average molecular weight is 431 g/mol. The Hall–Kier alpha value is -2.42. The van der Waals surface area contributed by atoms with Crippen LogP contribution in [0.5, 0.6) is 0 Å². The molecule has 0 atom stereocenters. The van der Waals surface area contributed by atoms with E-state index in [1.807, 2.05) is 13.1 Å². The summed E-state index contributed by atoms with van der Waals surface area (Å²) >= 11 is 0. The zero-order chi connectivity index (χ0) is 18.9. The molecule has 8 nitrogen and oxygen atoms in total. The summed E-state index contributed by atoms with van der Waals surface area (Å²) in [6, 6.07) is 7.84. The van der Waals surface area contributed by atoms with E-state index in [0.717, 1.165) is 25.0 Å². The number of carboxylic acids is 2. The van der Waals surface area contributed by atoms with Crippen molar-refractivity contribution in [3.63, 3.8) is 0 Å². The minimum Gasteiger partial charge on any atom is -0.478 e. The molecule has 3 N–H and O–H groups in total. The highest BCUT2D eigenvalue weighted by atomic mass is 35.5. The first kappa shape index (κ1) is 25.6. The van der Waals surface area contributed by atoms with Crippen LogP contribution in [0, 0.1) is 0 Å². The number of benzene rings is 1. The number of piperidine rings is 1. The average Bonchev–Trinajstić information content (AvgIpc) is 2.69. The number of anilines is 1. The molecule has 1 fully saturated rings. The fraction of sp³-hybridized carbons (Fsp3) is 0.333. The quantitative estimate of drug-likeness (QED) is 0.677. The minimum absolute atomic E-state index is 0. The van der Waals surface area contributed by atoms with Crippen molar-refractivity contribution in [2.45, 2.75) is 18.9 Å². The van der Waals surface area contributed by atoms with Gasteiger partial charge in [0.25, 0.3) is 0 Å². The lowest BCUT2D eigenvalue weighted by atomic mass is 10.1. The van der Waals surface area contributed by atoms with Crippen molar-refractivity contribution in [1.29, 1.82) is 0 Å². The number of hydrogen-bond acceptors (Lipinski definition) is 6. The molecule has 28 heavy (non-hydrogen) atoms. The predicted molar refractivity (Wildman–Crippen MR) is 111 cm³/mol. The fourth-order valence-electron chi connectivity index (χ4n) is 2.65. The topological polar surface area (TPSA) is 116 Å². The van der Waals surface area contributed by atoms with Gasteiger partial charge in [-0.15, -0.1) is 24.8 Å². The third kappa shape index (κ3) is 7.67. The van der Waals surface area contributed by atoms with E-state index in [9.17, 15) is 9.59 Å². The van der Waals surface area contributed by atoms with Gasteiger partial charge in [0.2, 0.25) is 0 Å². The number of carboxylic acid groups (broad SMARTS) is 2. The molecule has 0 aliphatic carbocycles. The molecular formula is C18H24Cl2N4O4. The zero-order valence-electron chi connectivity index (χ0n) is 15.3. The van der Waals surface area contributed by atoms with Gasteiger partial charge in [-0.3, -0.25) is 0 Å². The Morgan fingerprint density at radius 3 is 2.07 bits per heavy atom. The molecular weight excluding hydrogens is 407 g/mol. The summed E-state index contributed by atoms with van der Waals surface area (Å²) in [5, 5.41) is 20.3. The Labute approximate surface area is 175 Å². The van der Waals surface area contributed by atoms with E-state index in [4.69, 9.17) is 10.2 Å². The maximum atomic E-state index is 10.4. The molecule has 1 saturated heterocycles. The van der Waals surface area contributed by atoms with E-state index >= 15 is 0 Å². The number of aromatic nitrogens is 2. The molecule has 1 aromatic carbocycles. The van der Waals surface area contributed by atoms with E-state index in [2.05, 4.69) is 20.2 Å². The van der Waals surface area contributed by atoms with Crippen molar-refractivity contribution in [2.24, 2.45) is 0 Å². The summed E-state index contributed by atoms with van der Waals surface area (Å²) in [6.07, 6.45) is 5.80. The van der Waals surface area contributed by atoms with Gasteiger partial charge in [-0.1, -0.05) is 6.07 Å². The number of nitrogens with zero attached hydrogens (tertiary/aromatic N) is 3. The van der Waals surface area contributed by atoms with Crippen LogP contribution in [0.1, 0.15) is 33.6 Å². The largest absolute Gasteiger partial charge is 0.478 e. The van der Waals surface area contributed by atoms with Gasteiger partial charge in [0.05, 0.1) is 11.1 Å². The molecule has 154 valence electrons. The standard InChI is InChI=1S/C10H16N4.C8H6O4.2ClH/c1-11-9-3-6-14(7-4-9)10-2-5-12-8-13-10;9-7(10)5-2-1-3-6(4-5)8(11)12;;/h2,5,8-9,11H,3-4,6-7H2,1H3;1-4H,(H,9,10)(H,11,12);2*1H. The Balaban J connectivity index is 0.000000492. The van der Waals surface area contributed by atoms with Crippen molar-refractivity contribution in [3.8, 4) is 0 Å². The molecule has 0 spiro atoms. The van der Waals surface area contributed by atoms with E-state index in [-0.39, 0.29) is 35.9 Å². The Bertz CT molecular complexity index is 712. The second-order valence-electron chi connectivity index (χ2n) is 5.81. The van der Waals surface area contributed by atoms with Crippen molar-refractivity contribution >= 4 is 42.6 Å². The molecule has 1 aliphatic heterocycles. The Kier molecular flexibility index (Phi) is 11.8. The highest BCUT2D eigenvalue weighted by Gasteiger charge is 2.18. The van der Waals surface area contributed by atoms with Crippen LogP contribution in [0.3, 0.4) is 0 Å². The summed E-state index contributed by atoms with van der Waals surface area (Å²) < 4.78 is 0. The van der Waals surface area contributed by atoms with Gasteiger partial charge in [0.1, 0.15) is 12.1 Å². The molecule has 2 aromatic rings. The normalized spacial score (nSPS) is 13.2. The van der Waals surface area contributed by atoms with Gasteiger partial charge in [-0.25, -0.2) is 19.6 Å². The van der Waals surface area contributed by atoms with Gasteiger partial charge in [0, 0.05) is 25.3 Å². The maximum absolute atomic E-state index is 10.4. The van der Waals surface area contributed by atoms with E-state index in [0.29, 0.717) is 6.04 Å². The van der Waals surface area contributed by atoms with Crippen LogP contribution in [0.15, 0.2) is 42.9 Å². The number of aromatic carboxylic acids is 2. The summed E-state index contributed by atoms with van der Waals surface area (Å²) in [7, 11) is 2.03. The number of rotatable bonds is 4. The highest BCUT2D eigenvalue weighted by Crippen LogP contribution is 2.16. The summed E-state index contributed by atoms with van der Waals surface area (Å²) in [6.45, 7) is 2.17. The lowest BCUT2D eigenvalue weighted by Gasteiger charge is -2.32. The zero-order valence-corrected chi connectivity index (χ0v) is 16.9. The number of nitrogens with one attached hydrogen (secondary N) is 1. The first-order chi connectivity index (χ1) is 12.5. The Morgan fingerprint density at radius 1 is 1.07 bits per heavy atom. The van der Waals surface area contributed by atoms with Crippen molar-refractivity contribution in [3.05, 3.63) is 54.0 Å². The number of hydrogen-bond donors (Lipinski definition) is 3. The molecule has 0 saturated carbocycles. The molecule has 10 heteroatoms. The van der Waals surface area contributed by atoms with Crippen LogP contribution in [0.4, 0.5) is 5.82 Å². The van der Waals surface area contributed by atoms with Crippen LogP contribution in [-0.4, -0.2) is 58.3 Å². The van der Waals surface area contributed by atoms with Crippen LogP contribution in [0.25, 0.3) is 0 Å². The van der Waals surface area contributed by atoms with Crippen molar-refractivity contribution in [2.75, 3.05) is 25.0 Å². The second kappa shape index (κ2) is 12.9. The number of halogens is 2. The van der Waals surface area contributed by atoms with E-state index in [1.54, 1.807) is 12.5 Å². The van der Waals surface area contributed by atoms with Crippen LogP contribution >= 0.6 is 24.8 Å². The molecule has 0 amide bonds. The van der Waals surface area contributed by atoms with E-state index in [1.165, 1.54) is 31.0 Å². The molecule has 0 bridgehead atoms. The smallest absolute Gasteiger partial charge is 0.335 e. The summed E-state index contributed by atoms with van der Waals surface area (Å²) in [5.41, 5.74) is -0.0372. The second-order valence-corrected chi connectivity index (χ2v) is 5.81. The molecule has 3 rings (SSSR count).